The molecule has 3 N–H and O–H groups in total. The molecule has 0 fully saturated rings. The third-order valence-electron chi connectivity index (χ3n) is 3.53. The maximum Gasteiger partial charge on any atom is 0.416 e. The minimum Gasteiger partial charge on any atom is -0.325 e. The van der Waals surface area contributed by atoms with Crippen LogP contribution in [-0.2, 0) is 11.0 Å². The fraction of sp³-hybridized carbons (Fsp3) is 0.263. The Morgan fingerprint density at radius 1 is 0.963 bits per heavy atom. The average molecular weight is 379 g/mol. The molecular formula is C19H20F3N3O2. The Morgan fingerprint density at radius 2 is 1.59 bits per heavy atom. The van der Waals surface area contributed by atoms with Gasteiger partial charge in [0.05, 0.1) is 12.1 Å². The summed E-state index contributed by atoms with van der Waals surface area (Å²) in [5, 5.41) is 8.05. The number of carbonyl (C=O) groups is 2. The molecule has 0 bridgehead atoms. The van der Waals surface area contributed by atoms with E-state index in [9.17, 15) is 22.8 Å². The minimum atomic E-state index is -4.49. The topological polar surface area (TPSA) is 70.2 Å². The molecular weight excluding hydrogens is 359 g/mol. The first-order valence-electron chi connectivity index (χ1n) is 8.27. The van der Waals surface area contributed by atoms with Gasteiger partial charge in [-0.05, 0) is 36.4 Å². The molecule has 0 atom stereocenters. The molecule has 2 rings (SSSR count). The van der Waals surface area contributed by atoms with Crippen LogP contribution in [0, 0.1) is 0 Å². The Hall–Kier alpha value is -2.87. The number of hydrogen-bond acceptors (Lipinski definition) is 3. The quantitative estimate of drug-likeness (QED) is 0.713. The lowest BCUT2D eigenvalue weighted by atomic mass is 10.1. The lowest BCUT2D eigenvalue weighted by Gasteiger charge is -2.11. The van der Waals surface area contributed by atoms with E-state index in [0.717, 1.165) is 12.1 Å². The molecule has 5 nitrogen and oxygen atoms in total. The van der Waals surface area contributed by atoms with Crippen LogP contribution in [0.4, 0.5) is 24.5 Å². The molecule has 0 radical (unpaired) electrons. The number of carbonyl (C=O) groups excluding carboxylic acids is 2. The van der Waals surface area contributed by atoms with Gasteiger partial charge in [-0.1, -0.05) is 26.0 Å². The van der Waals surface area contributed by atoms with Crippen molar-refractivity contribution in [1.82, 2.24) is 5.32 Å². The van der Waals surface area contributed by atoms with Gasteiger partial charge in [0.1, 0.15) is 0 Å². The van der Waals surface area contributed by atoms with Crippen molar-refractivity contribution in [3.05, 3.63) is 59.7 Å². The van der Waals surface area contributed by atoms with E-state index in [4.69, 9.17) is 0 Å². The molecule has 0 heterocycles. The molecule has 0 saturated carbocycles. The Kier molecular flexibility index (Phi) is 6.57. The summed E-state index contributed by atoms with van der Waals surface area (Å²) >= 11 is 0. The number of rotatable bonds is 6. The lowest BCUT2D eigenvalue weighted by Crippen LogP contribution is -2.32. The molecule has 2 amide bonds. The highest BCUT2D eigenvalue weighted by atomic mass is 19.4. The Balaban J connectivity index is 2.06. The van der Waals surface area contributed by atoms with E-state index >= 15 is 0 Å². The highest BCUT2D eigenvalue weighted by Gasteiger charge is 2.30. The zero-order valence-corrected chi connectivity index (χ0v) is 14.9. The van der Waals surface area contributed by atoms with E-state index in [2.05, 4.69) is 16.0 Å². The summed E-state index contributed by atoms with van der Waals surface area (Å²) < 4.78 is 38.3. The number of anilines is 2. The van der Waals surface area contributed by atoms with Crippen LogP contribution in [-0.4, -0.2) is 24.4 Å². The summed E-state index contributed by atoms with van der Waals surface area (Å²) in [7, 11) is 0. The van der Waals surface area contributed by atoms with Gasteiger partial charge >= 0.3 is 6.18 Å². The third-order valence-corrected chi connectivity index (χ3v) is 3.53. The Bertz CT molecular complexity index is 820. The molecule has 0 unspecified atom stereocenters. The third kappa shape index (κ3) is 6.41. The maximum atomic E-state index is 12.8. The largest absolute Gasteiger partial charge is 0.416 e. The van der Waals surface area contributed by atoms with Crippen LogP contribution in [0.2, 0.25) is 0 Å². The smallest absolute Gasteiger partial charge is 0.325 e. The van der Waals surface area contributed by atoms with Crippen LogP contribution < -0.4 is 16.0 Å². The maximum absolute atomic E-state index is 12.8. The molecule has 0 aromatic heterocycles. The summed E-state index contributed by atoms with van der Waals surface area (Å²) in [6.07, 6.45) is -4.49. The van der Waals surface area contributed by atoms with Gasteiger partial charge in [0, 0.05) is 23.0 Å². The molecule has 0 saturated heterocycles. The molecule has 0 aliphatic carbocycles. The van der Waals surface area contributed by atoms with Crippen molar-refractivity contribution >= 4 is 23.2 Å². The normalized spacial score (nSPS) is 11.3. The van der Waals surface area contributed by atoms with Crippen molar-refractivity contribution < 1.29 is 22.8 Å². The number of hydrogen-bond donors (Lipinski definition) is 3. The van der Waals surface area contributed by atoms with Crippen LogP contribution in [0.25, 0.3) is 0 Å². The van der Waals surface area contributed by atoms with Gasteiger partial charge in [-0.25, -0.2) is 0 Å². The molecule has 144 valence electrons. The van der Waals surface area contributed by atoms with Crippen LogP contribution in [0.5, 0.6) is 0 Å². The van der Waals surface area contributed by atoms with Gasteiger partial charge in [-0.3, -0.25) is 9.59 Å². The van der Waals surface area contributed by atoms with Crippen LogP contribution in [0.3, 0.4) is 0 Å². The van der Waals surface area contributed by atoms with E-state index in [1.807, 2.05) is 13.8 Å². The minimum absolute atomic E-state index is 0.0328. The summed E-state index contributed by atoms with van der Waals surface area (Å²) in [4.78, 5) is 24.2. The second-order valence-corrected chi connectivity index (χ2v) is 6.20. The zero-order chi connectivity index (χ0) is 20.0. The SMILES string of the molecule is CC(C)NCC(=O)Nc1cccc(C(=O)Nc2cccc(C(F)(F)F)c2)c1. The highest BCUT2D eigenvalue weighted by molar-refractivity contribution is 6.05. The van der Waals surface area contributed by atoms with E-state index in [1.165, 1.54) is 24.3 Å². The van der Waals surface area contributed by atoms with Crippen molar-refractivity contribution in [2.24, 2.45) is 0 Å². The van der Waals surface area contributed by atoms with E-state index in [0.29, 0.717) is 5.69 Å². The van der Waals surface area contributed by atoms with Crippen molar-refractivity contribution in [3.8, 4) is 0 Å². The van der Waals surface area contributed by atoms with Crippen molar-refractivity contribution in [2.45, 2.75) is 26.1 Å². The van der Waals surface area contributed by atoms with Crippen LogP contribution in [0.1, 0.15) is 29.8 Å². The van der Waals surface area contributed by atoms with Gasteiger partial charge in [-0.15, -0.1) is 0 Å². The number of benzene rings is 2. The number of alkyl halides is 3. The van der Waals surface area contributed by atoms with Gasteiger partial charge in [0.15, 0.2) is 0 Å². The molecule has 27 heavy (non-hydrogen) atoms. The van der Waals surface area contributed by atoms with E-state index in [-0.39, 0.29) is 29.7 Å². The fourth-order valence-electron chi connectivity index (χ4n) is 2.22. The summed E-state index contributed by atoms with van der Waals surface area (Å²) in [6.45, 7) is 3.94. The summed E-state index contributed by atoms with van der Waals surface area (Å²) in [5.74, 6) is -0.843. The molecule has 8 heteroatoms. The van der Waals surface area contributed by atoms with Gasteiger partial charge < -0.3 is 16.0 Å². The van der Waals surface area contributed by atoms with Crippen molar-refractivity contribution in [2.75, 3.05) is 17.2 Å². The monoisotopic (exact) mass is 379 g/mol. The Morgan fingerprint density at radius 3 is 2.22 bits per heavy atom. The predicted molar refractivity (Wildman–Crippen MR) is 97.6 cm³/mol. The number of nitrogens with one attached hydrogen (secondary N) is 3. The molecule has 2 aromatic rings. The first-order chi connectivity index (χ1) is 12.6. The van der Waals surface area contributed by atoms with E-state index < -0.39 is 17.6 Å². The zero-order valence-electron chi connectivity index (χ0n) is 14.9. The molecule has 0 spiro atoms. The van der Waals surface area contributed by atoms with Crippen LogP contribution >= 0.6 is 0 Å². The number of halogens is 3. The Labute approximate surface area is 155 Å². The van der Waals surface area contributed by atoms with Crippen molar-refractivity contribution in [3.63, 3.8) is 0 Å². The standard InChI is InChI=1S/C19H20F3N3O2/c1-12(2)23-11-17(26)24-15-7-3-5-13(9-15)18(27)25-16-8-4-6-14(10-16)19(20,21)22/h3-10,12,23H,11H2,1-2H3,(H,24,26)(H,25,27). The lowest BCUT2D eigenvalue weighted by molar-refractivity contribution is -0.137. The molecule has 2 aromatic carbocycles. The first kappa shape index (κ1) is 20.4. The van der Waals surface area contributed by atoms with E-state index in [1.54, 1.807) is 12.1 Å². The highest BCUT2D eigenvalue weighted by Crippen LogP contribution is 2.30. The predicted octanol–water partition coefficient (Wildman–Crippen LogP) is 3.89. The fourth-order valence-corrected chi connectivity index (χ4v) is 2.22. The summed E-state index contributed by atoms with van der Waals surface area (Å²) in [6, 6.07) is 10.7. The molecule has 0 aliphatic heterocycles. The van der Waals surface area contributed by atoms with Crippen molar-refractivity contribution in [1.29, 1.82) is 0 Å². The average Bonchev–Trinajstić information content (AvgIpc) is 2.59. The van der Waals surface area contributed by atoms with Crippen LogP contribution in [0.15, 0.2) is 48.5 Å². The second-order valence-electron chi connectivity index (χ2n) is 6.20. The number of amides is 2. The van der Waals surface area contributed by atoms with Gasteiger partial charge in [-0.2, -0.15) is 13.2 Å². The second kappa shape index (κ2) is 8.68. The molecule has 0 aliphatic rings. The first-order valence-corrected chi connectivity index (χ1v) is 8.27. The van der Waals surface area contributed by atoms with Gasteiger partial charge in [0.2, 0.25) is 5.91 Å². The van der Waals surface area contributed by atoms with Gasteiger partial charge in [0.25, 0.3) is 5.91 Å². The summed E-state index contributed by atoms with van der Waals surface area (Å²) in [5.41, 5.74) is -0.186.